The lowest BCUT2D eigenvalue weighted by Gasteiger charge is -2.30. The molecule has 3 aromatic rings. The molecule has 4 rings (SSSR count). The van der Waals surface area contributed by atoms with Crippen molar-refractivity contribution in [2.75, 3.05) is 44.9 Å². The normalized spacial score (nSPS) is 13.6. The van der Waals surface area contributed by atoms with Crippen molar-refractivity contribution in [2.24, 2.45) is 0 Å². The number of likely N-dealkylation sites (N-methyl/N-ethyl adjacent to an activating group) is 1. The Morgan fingerprint density at radius 2 is 1.90 bits per heavy atom. The average molecular weight is 573 g/mol. The summed E-state index contributed by atoms with van der Waals surface area (Å²) in [5.74, 6) is 1.20. The average Bonchev–Trinajstić information content (AvgIpc) is 2.90. The van der Waals surface area contributed by atoms with Gasteiger partial charge in [0.25, 0.3) is 0 Å². The van der Waals surface area contributed by atoms with Gasteiger partial charge in [0, 0.05) is 27.2 Å². The van der Waals surface area contributed by atoms with Gasteiger partial charge >= 0.3 is 0 Å². The van der Waals surface area contributed by atoms with Gasteiger partial charge in [-0.05, 0) is 55.7 Å². The maximum Gasteiger partial charge on any atom is 0.236 e. The molecule has 2 aromatic carbocycles. The third-order valence-corrected chi connectivity index (χ3v) is 9.02. The van der Waals surface area contributed by atoms with Crippen LogP contribution in [0.3, 0.4) is 0 Å². The van der Waals surface area contributed by atoms with Crippen molar-refractivity contribution in [1.82, 2.24) is 19.8 Å². The Labute approximate surface area is 234 Å². The molecule has 1 aromatic heterocycles. The molecule has 0 fully saturated rings. The summed E-state index contributed by atoms with van der Waals surface area (Å²) >= 11 is 6.39. The molecule has 1 aliphatic heterocycles. The number of rotatable bonds is 9. The number of fused-ring (bicyclic) bond motifs is 1. The molecule has 0 unspecified atom stereocenters. The molecule has 0 radical (unpaired) electrons. The Kier molecular flexibility index (Phi) is 8.63. The summed E-state index contributed by atoms with van der Waals surface area (Å²) in [6, 6.07) is 10.6. The van der Waals surface area contributed by atoms with E-state index in [1.807, 2.05) is 12.1 Å². The highest BCUT2D eigenvalue weighted by molar-refractivity contribution is 7.92. The zero-order valence-corrected chi connectivity index (χ0v) is 24.2. The van der Waals surface area contributed by atoms with Gasteiger partial charge in [-0.2, -0.15) is 4.98 Å². The van der Waals surface area contributed by atoms with Gasteiger partial charge in [0.1, 0.15) is 10.8 Å². The van der Waals surface area contributed by atoms with Crippen LogP contribution in [0.25, 0.3) is 0 Å². The van der Waals surface area contributed by atoms with Gasteiger partial charge in [-0.15, -0.1) is 0 Å². The summed E-state index contributed by atoms with van der Waals surface area (Å²) in [6.45, 7) is 5.04. The lowest BCUT2D eigenvalue weighted by molar-refractivity contribution is -0.130. The molecular weight excluding hydrogens is 540 g/mol. The number of nitrogens with zero attached hydrogens (tertiary/aromatic N) is 4. The second-order valence-electron chi connectivity index (χ2n) is 9.80. The van der Waals surface area contributed by atoms with Crippen molar-refractivity contribution in [2.45, 2.75) is 37.0 Å². The molecular formula is C27H33ClN6O4S. The van der Waals surface area contributed by atoms with Crippen LogP contribution in [0, 0.1) is 0 Å². The molecule has 2 heterocycles. The number of amides is 1. The Balaban J connectivity index is 1.61. The lowest BCUT2D eigenvalue weighted by atomic mass is 9.98. The van der Waals surface area contributed by atoms with Gasteiger partial charge in [0.2, 0.25) is 11.9 Å². The van der Waals surface area contributed by atoms with E-state index in [1.165, 1.54) is 6.20 Å². The van der Waals surface area contributed by atoms with E-state index >= 15 is 0 Å². The fourth-order valence-corrected chi connectivity index (χ4v) is 5.55. The SMILES string of the molecule is COc1cc2c(cc1Nc1ncc(Cl)c(Nc3ccccc3S(=O)(=O)C(C)C)n1)CN(CC(=O)N(C)C)CC2. The number of hydrogen-bond acceptors (Lipinski definition) is 9. The highest BCUT2D eigenvalue weighted by Crippen LogP contribution is 2.35. The predicted molar refractivity (Wildman–Crippen MR) is 153 cm³/mol. The molecule has 12 heteroatoms. The highest BCUT2D eigenvalue weighted by Gasteiger charge is 2.24. The minimum absolute atomic E-state index is 0.0580. The Morgan fingerprint density at radius 3 is 2.59 bits per heavy atom. The number of anilines is 4. The monoisotopic (exact) mass is 572 g/mol. The van der Waals surface area contributed by atoms with Crippen LogP contribution in [0.15, 0.2) is 47.5 Å². The maximum atomic E-state index is 12.9. The first-order valence-corrected chi connectivity index (χ1v) is 14.4. The summed E-state index contributed by atoms with van der Waals surface area (Å²) in [4.78, 5) is 24.9. The van der Waals surface area contributed by atoms with E-state index in [-0.39, 0.29) is 27.6 Å². The molecule has 0 atom stereocenters. The number of carbonyl (C=O) groups is 1. The Bertz CT molecular complexity index is 1480. The van der Waals surface area contributed by atoms with E-state index in [0.717, 1.165) is 24.1 Å². The summed E-state index contributed by atoms with van der Waals surface area (Å²) in [6.07, 6.45) is 2.25. The van der Waals surface area contributed by atoms with Crippen LogP contribution in [0.2, 0.25) is 5.02 Å². The molecule has 0 aliphatic carbocycles. The predicted octanol–water partition coefficient (Wildman–Crippen LogP) is 4.25. The zero-order chi connectivity index (χ0) is 28.3. The van der Waals surface area contributed by atoms with Crippen molar-refractivity contribution in [1.29, 1.82) is 0 Å². The summed E-state index contributed by atoms with van der Waals surface area (Å²) < 4.78 is 31.4. The van der Waals surface area contributed by atoms with Crippen LogP contribution in [-0.4, -0.2) is 73.6 Å². The molecule has 0 spiro atoms. The fraction of sp³-hybridized carbons (Fsp3) is 0.370. The van der Waals surface area contributed by atoms with Gasteiger partial charge in [-0.3, -0.25) is 9.69 Å². The first-order chi connectivity index (χ1) is 18.5. The molecule has 1 amide bonds. The molecule has 1 aliphatic rings. The van der Waals surface area contributed by atoms with Crippen LogP contribution in [0.4, 0.5) is 23.1 Å². The van der Waals surface area contributed by atoms with Crippen LogP contribution >= 0.6 is 11.6 Å². The van der Waals surface area contributed by atoms with Crippen molar-refractivity contribution in [3.8, 4) is 5.75 Å². The fourth-order valence-electron chi connectivity index (χ4n) is 4.21. The maximum absolute atomic E-state index is 12.9. The van der Waals surface area contributed by atoms with Crippen LogP contribution in [0.1, 0.15) is 25.0 Å². The van der Waals surface area contributed by atoms with Gasteiger partial charge in [0.15, 0.2) is 15.7 Å². The number of sulfone groups is 1. The van der Waals surface area contributed by atoms with E-state index < -0.39 is 15.1 Å². The quantitative estimate of drug-likeness (QED) is 0.388. The van der Waals surface area contributed by atoms with Gasteiger partial charge < -0.3 is 20.3 Å². The zero-order valence-electron chi connectivity index (χ0n) is 22.7. The van der Waals surface area contributed by atoms with Crippen LogP contribution < -0.4 is 15.4 Å². The highest BCUT2D eigenvalue weighted by atomic mass is 35.5. The van der Waals surface area contributed by atoms with Gasteiger partial charge in [-0.25, -0.2) is 13.4 Å². The summed E-state index contributed by atoms with van der Waals surface area (Å²) in [7, 11) is 1.56. The number of ether oxygens (including phenoxy) is 1. The van der Waals surface area contributed by atoms with E-state index in [9.17, 15) is 13.2 Å². The number of halogens is 1. The second-order valence-corrected chi connectivity index (χ2v) is 12.7. The Hall–Kier alpha value is -3.41. The van der Waals surface area contributed by atoms with Crippen LogP contribution in [0.5, 0.6) is 5.75 Å². The third kappa shape index (κ3) is 6.43. The molecule has 39 heavy (non-hydrogen) atoms. The van der Waals surface area contributed by atoms with Crippen LogP contribution in [-0.2, 0) is 27.6 Å². The number of aromatic nitrogens is 2. The number of benzene rings is 2. The molecule has 2 N–H and O–H groups in total. The van der Waals surface area contributed by atoms with E-state index in [0.29, 0.717) is 30.2 Å². The van der Waals surface area contributed by atoms with Crippen molar-refractivity contribution in [3.63, 3.8) is 0 Å². The second kappa shape index (κ2) is 11.8. The van der Waals surface area contributed by atoms with Crippen molar-refractivity contribution < 1.29 is 17.9 Å². The van der Waals surface area contributed by atoms with E-state index in [1.54, 1.807) is 64.2 Å². The summed E-state index contributed by atoms with van der Waals surface area (Å²) in [5.41, 5.74) is 3.27. The minimum Gasteiger partial charge on any atom is -0.495 e. The molecule has 10 nitrogen and oxygen atoms in total. The minimum atomic E-state index is -3.54. The third-order valence-electron chi connectivity index (χ3n) is 6.53. The first-order valence-electron chi connectivity index (χ1n) is 12.5. The molecule has 0 saturated carbocycles. The first kappa shape index (κ1) is 28.6. The van der Waals surface area contributed by atoms with Gasteiger partial charge in [-0.1, -0.05) is 23.7 Å². The van der Waals surface area contributed by atoms with E-state index in [4.69, 9.17) is 16.3 Å². The largest absolute Gasteiger partial charge is 0.495 e. The van der Waals surface area contributed by atoms with Crippen molar-refractivity contribution >= 4 is 50.5 Å². The lowest BCUT2D eigenvalue weighted by Crippen LogP contribution is -2.39. The van der Waals surface area contributed by atoms with E-state index in [2.05, 4.69) is 25.5 Å². The standard InChI is InChI=1S/C27H33ClN6O4S/c1-17(2)39(36,37)24-9-7-6-8-21(24)30-26-20(28)14-29-27(32-26)31-22-12-19-15-34(16-25(35)33(3)4)11-10-18(19)13-23(22)38-5/h6-9,12-14,17H,10-11,15-16H2,1-5H3,(H2,29,30,31,32). The number of nitrogens with one attached hydrogen (secondary N) is 2. The van der Waals surface area contributed by atoms with Gasteiger partial charge in [0.05, 0.1) is 41.4 Å². The number of hydrogen-bond donors (Lipinski definition) is 2. The summed E-state index contributed by atoms with van der Waals surface area (Å²) in [5, 5.41) is 5.91. The number of para-hydroxylation sites is 1. The number of carbonyl (C=O) groups excluding carboxylic acids is 1. The smallest absolute Gasteiger partial charge is 0.236 e. The van der Waals surface area contributed by atoms with Crippen molar-refractivity contribution in [3.05, 3.63) is 58.7 Å². The molecule has 208 valence electrons. The number of methoxy groups -OCH3 is 1. The topological polar surface area (TPSA) is 117 Å². The molecule has 0 saturated heterocycles. The molecule has 0 bridgehead atoms. The Morgan fingerprint density at radius 1 is 1.15 bits per heavy atom.